The Morgan fingerprint density at radius 1 is 1.50 bits per heavy atom. The van der Waals surface area contributed by atoms with Crippen LogP contribution in [0.5, 0.6) is 0 Å². The number of fused-ring (bicyclic) bond motifs is 2. The van der Waals surface area contributed by atoms with E-state index in [0.29, 0.717) is 24.5 Å². The van der Waals surface area contributed by atoms with Crippen molar-refractivity contribution in [3.63, 3.8) is 0 Å². The Hall–Kier alpha value is -0.340. The van der Waals surface area contributed by atoms with Crippen LogP contribution in [0.3, 0.4) is 0 Å². The van der Waals surface area contributed by atoms with Gasteiger partial charge in [-0.15, -0.1) is 0 Å². The van der Waals surface area contributed by atoms with Gasteiger partial charge in [0, 0.05) is 6.61 Å². The molecule has 2 aliphatic carbocycles. The van der Waals surface area contributed by atoms with Crippen LogP contribution < -0.4 is 0 Å². The second-order valence-electron chi connectivity index (χ2n) is 6.55. The Kier molecular flexibility index (Phi) is 2.10. The van der Waals surface area contributed by atoms with Crippen LogP contribution in [0.25, 0.3) is 0 Å². The predicted octanol–water partition coefficient (Wildman–Crippen LogP) is 2.52. The maximum atomic E-state index is 9.51. The van der Waals surface area contributed by atoms with Crippen molar-refractivity contribution in [2.75, 3.05) is 6.61 Å². The summed E-state index contributed by atoms with van der Waals surface area (Å²) in [6.45, 7) is 9.01. The molecule has 1 saturated heterocycles. The van der Waals surface area contributed by atoms with Crippen molar-refractivity contribution in [1.82, 2.24) is 0 Å². The molecule has 0 bridgehead atoms. The molecule has 5 unspecified atom stereocenters. The summed E-state index contributed by atoms with van der Waals surface area (Å²) in [6, 6.07) is 0. The van der Waals surface area contributed by atoms with Gasteiger partial charge in [0.25, 0.3) is 0 Å². The molecule has 2 heteroatoms. The molecule has 90 valence electrons. The van der Waals surface area contributed by atoms with Crippen molar-refractivity contribution in [1.29, 1.82) is 0 Å². The summed E-state index contributed by atoms with van der Waals surface area (Å²) in [4.78, 5) is 0. The van der Waals surface area contributed by atoms with Gasteiger partial charge in [-0.05, 0) is 49.9 Å². The number of epoxide rings is 1. The van der Waals surface area contributed by atoms with Gasteiger partial charge in [-0.3, -0.25) is 0 Å². The third-order valence-electron chi connectivity index (χ3n) is 5.39. The fraction of sp³-hybridized carbons (Fsp3) is 0.857. The number of hydrogen-bond donors (Lipinski definition) is 1. The lowest BCUT2D eigenvalue weighted by molar-refractivity contribution is -0.0612. The van der Waals surface area contributed by atoms with Gasteiger partial charge in [0.1, 0.15) is 0 Å². The van der Waals surface area contributed by atoms with Crippen molar-refractivity contribution in [2.45, 2.75) is 51.2 Å². The molecule has 3 rings (SSSR count). The summed E-state index contributed by atoms with van der Waals surface area (Å²) in [5, 5.41) is 9.51. The molecule has 1 aliphatic heterocycles. The van der Waals surface area contributed by atoms with Crippen molar-refractivity contribution in [3.8, 4) is 0 Å². The maximum Gasteiger partial charge on any atom is 0.0923 e. The van der Waals surface area contributed by atoms with Crippen LogP contribution >= 0.6 is 0 Å². The zero-order chi connectivity index (χ0) is 11.6. The van der Waals surface area contributed by atoms with E-state index in [-0.39, 0.29) is 11.0 Å². The highest BCUT2D eigenvalue weighted by Gasteiger charge is 2.58. The fourth-order valence-corrected chi connectivity index (χ4v) is 3.88. The molecule has 3 fully saturated rings. The van der Waals surface area contributed by atoms with Gasteiger partial charge >= 0.3 is 0 Å². The lowest BCUT2D eigenvalue weighted by Crippen LogP contribution is -2.50. The number of aliphatic hydroxyl groups is 1. The molecule has 0 aromatic rings. The molecule has 5 atom stereocenters. The third kappa shape index (κ3) is 1.32. The molecule has 2 nitrogen and oxygen atoms in total. The Morgan fingerprint density at radius 2 is 2.25 bits per heavy atom. The Labute approximate surface area is 97.7 Å². The van der Waals surface area contributed by atoms with E-state index < -0.39 is 0 Å². The van der Waals surface area contributed by atoms with Gasteiger partial charge in [0.2, 0.25) is 0 Å². The second kappa shape index (κ2) is 3.11. The first-order chi connectivity index (χ1) is 7.48. The standard InChI is InChI=1S/C14H22O2/c1-9-6-12-14(3,16-12)5-4-11-10(9)7-13(11,2)8-15/h10-12,15H,1,4-8H2,2-3H3. The third-order valence-corrected chi connectivity index (χ3v) is 5.39. The van der Waals surface area contributed by atoms with Crippen molar-refractivity contribution < 1.29 is 9.84 Å². The lowest BCUT2D eigenvalue weighted by Gasteiger charge is -2.54. The number of ether oxygens (including phenoxy) is 1. The molecule has 0 aromatic heterocycles. The highest BCUT2D eigenvalue weighted by atomic mass is 16.6. The van der Waals surface area contributed by atoms with E-state index in [9.17, 15) is 5.11 Å². The quantitative estimate of drug-likeness (QED) is 0.546. The molecule has 2 saturated carbocycles. The first-order valence-corrected chi connectivity index (χ1v) is 6.45. The molecule has 0 spiro atoms. The lowest BCUT2D eigenvalue weighted by atomic mass is 9.50. The Balaban J connectivity index is 1.79. The summed E-state index contributed by atoms with van der Waals surface area (Å²) in [5.41, 5.74) is 1.63. The maximum absolute atomic E-state index is 9.51. The Bertz CT molecular complexity index is 338. The average Bonchev–Trinajstić information content (AvgIpc) is 2.83. The minimum atomic E-state index is 0.125. The van der Waals surface area contributed by atoms with Crippen molar-refractivity contribution >= 4 is 0 Å². The largest absolute Gasteiger partial charge is 0.396 e. The zero-order valence-corrected chi connectivity index (χ0v) is 10.3. The molecule has 16 heavy (non-hydrogen) atoms. The summed E-state index contributed by atoms with van der Waals surface area (Å²) < 4.78 is 5.80. The summed E-state index contributed by atoms with van der Waals surface area (Å²) in [6.07, 6.45) is 4.94. The first kappa shape index (κ1) is 10.8. The van der Waals surface area contributed by atoms with Crippen molar-refractivity contribution in [2.24, 2.45) is 17.3 Å². The average molecular weight is 222 g/mol. The monoisotopic (exact) mass is 222 g/mol. The van der Waals surface area contributed by atoms with E-state index in [1.807, 2.05) is 0 Å². The van der Waals surface area contributed by atoms with E-state index >= 15 is 0 Å². The number of rotatable bonds is 1. The van der Waals surface area contributed by atoms with E-state index in [1.54, 1.807) is 0 Å². The van der Waals surface area contributed by atoms with Crippen LogP contribution in [0.1, 0.15) is 39.5 Å². The molecular weight excluding hydrogens is 200 g/mol. The van der Waals surface area contributed by atoms with Gasteiger partial charge in [-0.1, -0.05) is 19.1 Å². The van der Waals surface area contributed by atoms with E-state index in [1.165, 1.54) is 12.0 Å². The van der Waals surface area contributed by atoms with Crippen molar-refractivity contribution in [3.05, 3.63) is 12.2 Å². The molecule has 0 aromatic carbocycles. The van der Waals surface area contributed by atoms with Crippen LogP contribution in [0, 0.1) is 17.3 Å². The van der Waals surface area contributed by atoms with Gasteiger partial charge < -0.3 is 9.84 Å². The van der Waals surface area contributed by atoms with Crippen LogP contribution in [0.2, 0.25) is 0 Å². The smallest absolute Gasteiger partial charge is 0.0923 e. The van der Waals surface area contributed by atoms with Crippen LogP contribution in [-0.4, -0.2) is 23.4 Å². The highest BCUT2D eigenvalue weighted by molar-refractivity contribution is 5.20. The number of aliphatic hydroxyl groups excluding tert-OH is 1. The molecule has 0 amide bonds. The minimum Gasteiger partial charge on any atom is -0.396 e. The Morgan fingerprint density at radius 3 is 2.94 bits per heavy atom. The molecular formula is C14H22O2. The van der Waals surface area contributed by atoms with Crippen LogP contribution in [-0.2, 0) is 4.74 Å². The summed E-state index contributed by atoms with van der Waals surface area (Å²) in [7, 11) is 0. The van der Waals surface area contributed by atoms with E-state index in [0.717, 1.165) is 19.3 Å². The zero-order valence-electron chi connectivity index (χ0n) is 10.3. The second-order valence-corrected chi connectivity index (χ2v) is 6.55. The van der Waals surface area contributed by atoms with Crippen LogP contribution in [0.15, 0.2) is 12.2 Å². The predicted molar refractivity (Wildman–Crippen MR) is 63.1 cm³/mol. The summed E-state index contributed by atoms with van der Waals surface area (Å²) in [5.74, 6) is 1.28. The molecule has 1 N–H and O–H groups in total. The van der Waals surface area contributed by atoms with Gasteiger partial charge in [0.05, 0.1) is 11.7 Å². The van der Waals surface area contributed by atoms with E-state index in [2.05, 4.69) is 20.4 Å². The topological polar surface area (TPSA) is 32.8 Å². The molecule has 1 heterocycles. The van der Waals surface area contributed by atoms with Gasteiger partial charge in [0.15, 0.2) is 0 Å². The first-order valence-electron chi connectivity index (χ1n) is 6.45. The number of hydrogen-bond acceptors (Lipinski definition) is 2. The molecule has 0 radical (unpaired) electrons. The van der Waals surface area contributed by atoms with Crippen LogP contribution in [0.4, 0.5) is 0 Å². The molecule has 3 aliphatic rings. The SMILES string of the molecule is C=C1CC2OC2(C)CCC2C1CC2(C)CO. The fourth-order valence-electron chi connectivity index (χ4n) is 3.88. The van der Waals surface area contributed by atoms with Gasteiger partial charge in [-0.25, -0.2) is 0 Å². The van der Waals surface area contributed by atoms with Gasteiger partial charge in [-0.2, -0.15) is 0 Å². The highest BCUT2D eigenvalue weighted by Crippen LogP contribution is 2.60. The summed E-state index contributed by atoms with van der Waals surface area (Å²) >= 11 is 0. The normalized spacial score (nSPS) is 55.4. The van der Waals surface area contributed by atoms with E-state index in [4.69, 9.17) is 4.74 Å². The minimum absolute atomic E-state index is 0.125.